The monoisotopic (exact) mass is 373 g/mol. The van der Waals surface area contributed by atoms with E-state index in [9.17, 15) is 9.59 Å². The number of halogens is 1. The minimum absolute atomic E-state index is 0.111. The highest BCUT2D eigenvalue weighted by Gasteiger charge is 2.16. The lowest BCUT2D eigenvalue weighted by Gasteiger charge is -2.14. The number of amides is 1. The van der Waals surface area contributed by atoms with Crippen LogP contribution in [-0.2, 0) is 4.79 Å². The van der Waals surface area contributed by atoms with Gasteiger partial charge in [0.15, 0.2) is 5.16 Å². The van der Waals surface area contributed by atoms with Crippen LogP contribution in [0.3, 0.4) is 0 Å². The molecule has 2 aromatic carbocycles. The Hall–Kier alpha value is -2.31. The summed E-state index contributed by atoms with van der Waals surface area (Å²) in [6, 6.07) is 14.2. The topological polar surface area (TPSA) is 64.0 Å². The molecule has 5 nitrogen and oxygen atoms in total. The first-order valence-corrected chi connectivity index (χ1v) is 9.14. The van der Waals surface area contributed by atoms with Crippen LogP contribution in [0.1, 0.15) is 6.92 Å². The zero-order chi connectivity index (χ0) is 17.8. The Kier molecular flexibility index (Phi) is 5.40. The Morgan fingerprint density at radius 1 is 1.20 bits per heavy atom. The van der Waals surface area contributed by atoms with Crippen molar-refractivity contribution in [3.63, 3.8) is 0 Å². The zero-order valence-corrected chi connectivity index (χ0v) is 15.1. The molecular formula is C18H16ClN3O2S. The number of nitrogens with zero attached hydrogens (tertiary/aromatic N) is 2. The molecule has 1 heterocycles. The van der Waals surface area contributed by atoms with Gasteiger partial charge in [0.2, 0.25) is 5.91 Å². The first-order chi connectivity index (χ1) is 12.1. The molecule has 1 N–H and O–H groups in total. The van der Waals surface area contributed by atoms with Gasteiger partial charge in [-0.2, -0.15) is 0 Å². The van der Waals surface area contributed by atoms with Crippen molar-refractivity contribution in [3.8, 4) is 5.69 Å². The van der Waals surface area contributed by atoms with Gasteiger partial charge in [-0.25, -0.2) is 4.98 Å². The highest BCUT2D eigenvalue weighted by Crippen LogP contribution is 2.25. The molecule has 3 aromatic rings. The summed E-state index contributed by atoms with van der Waals surface area (Å²) in [6.07, 6.45) is 0. The fourth-order valence-corrected chi connectivity index (χ4v) is 3.49. The lowest BCUT2D eigenvalue weighted by Crippen LogP contribution is -2.26. The standard InChI is InChI=1S/C18H16ClN3O2S/c1-2-20-16(23)11-25-18-21-14-9-5-3-7-12(14)17(24)22(18)15-10-6-4-8-13(15)19/h3-10H,2,11H2,1H3,(H,20,23). The van der Waals surface area contributed by atoms with Crippen molar-refractivity contribution >= 4 is 40.2 Å². The summed E-state index contributed by atoms with van der Waals surface area (Å²) in [5, 5.41) is 4.12. The normalized spacial score (nSPS) is 10.8. The molecular weight excluding hydrogens is 358 g/mol. The minimum atomic E-state index is -0.211. The van der Waals surface area contributed by atoms with E-state index in [0.29, 0.717) is 33.3 Å². The lowest BCUT2D eigenvalue weighted by molar-refractivity contribution is -0.118. The van der Waals surface area contributed by atoms with Crippen LogP contribution in [0.15, 0.2) is 58.5 Å². The smallest absolute Gasteiger partial charge is 0.266 e. The molecule has 0 aliphatic carbocycles. The highest BCUT2D eigenvalue weighted by atomic mass is 35.5. The lowest BCUT2D eigenvalue weighted by atomic mass is 10.2. The number of aromatic nitrogens is 2. The quantitative estimate of drug-likeness (QED) is 0.550. The zero-order valence-electron chi connectivity index (χ0n) is 13.5. The summed E-state index contributed by atoms with van der Waals surface area (Å²) in [6.45, 7) is 2.42. The molecule has 25 heavy (non-hydrogen) atoms. The third-order valence-corrected chi connectivity index (χ3v) is 4.80. The van der Waals surface area contributed by atoms with Crippen LogP contribution < -0.4 is 10.9 Å². The van der Waals surface area contributed by atoms with E-state index in [-0.39, 0.29) is 17.2 Å². The molecule has 1 amide bonds. The van der Waals surface area contributed by atoms with Gasteiger partial charge >= 0.3 is 0 Å². The molecule has 0 aliphatic rings. The Bertz CT molecular complexity index is 987. The number of para-hydroxylation sites is 2. The Labute approximate surface area is 154 Å². The van der Waals surface area contributed by atoms with Gasteiger partial charge in [0.1, 0.15) is 0 Å². The SMILES string of the molecule is CCNC(=O)CSc1nc2ccccc2c(=O)n1-c1ccccc1Cl. The van der Waals surface area contributed by atoms with Crippen molar-refractivity contribution in [2.75, 3.05) is 12.3 Å². The van der Waals surface area contributed by atoms with Gasteiger partial charge in [0.05, 0.1) is 27.4 Å². The number of rotatable bonds is 5. The molecule has 128 valence electrons. The van der Waals surface area contributed by atoms with Crippen molar-refractivity contribution < 1.29 is 4.79 Å². The van der Waals surface area contributed by atoms with E-state index in [1.165, 1.54) is 16.3 Å². The minimum Gasteiger partial charge on any atom is -0.356 e. The van der Waals surface area contributed by atoms with Gasteiger partial charge in [-0.05, 0) is 31.2 Å². The van der Waals surface area contributed by atoms with Crippen LogP contribution in [0, 0.1) is 0 Å². The molecule has 0 saturated carbocycles. The summed E-state index contributed by atoms with van der Waals surface area (Å²) >= 11 is 7.50. The number of hydrogen-bond donors (Lipinski definition) is 1. The first kappa shape index (κ1) is 17.5. The van der Waals surface area contributed by atoms with E-state index in [0.717, 1.165) is 0 Å². The first-order valence-electron chi connectivity index (χ1n) is 7.78. The molecule has 0 spiro atoms. The highest BCUT2D eigenvalue weighted by molar-refractivity contribution is 7.99. The van der Waals surface area contributed by atoms with Crippen LogP contribution in [0.5, 0.6) is 0 Å². The number of carbonyl (C=O) groups is 1. The average molecular weight is 374 g/mol. The third kappa shape index (κ3) is 3.70. The molecule has 0 unspecified atom stereocenters. The predicted molar refractivity (Wildman–Crippen MR) is 102 cm³/mol. The van der Waals surface area contributed by atoms with E-state index in [1.807, 2.05) is 13.0 Å². The maximum Gasteiger partial charge on any atom is 0.266 e. The number of benzene rings is 2. The van der Waals surface area contributed by atoms with E-state index in [2.05, 4.69) is 10.3 Å². The van der Waals surface area contributed by atoms with Gasteiger partial charge in [0.25, 0.3) is 5.56 Å². The van der Waals surface area contributed by atoms with Gasteiger partial charge in [0, 0.05) is 6.54 Å². The molecule has 0 atom stereocenters. The van der Waals surface area contributed by atoms with E-state index >= 15 is 0 Å². The van der Waals surface area contributed by atoms with Crippen LogP contribution >= 0.6 is 23.4 Å². The van der Waals surface area contributed by atoms with Crippen molar-refractivity contribution in [2.45, 2.75) is 12.1 Å². The number of thioether (sulfide) groups is 1. The van der Waals surface area contributed by atoms with Gasteiger partial charge in [-0.15, -0.1) is 0 Å². The number of fused-ring (bicyclic) bond motifs is 1. The van der Waals surface area contributed by atoms with E-state index < -0.39 is 0 Å². The number of hydrogen-bond acceptors (Lipinski definition) is 4. The molecule has 0 radical (unpaired) electrons. The van der Waals surface area contributed by atoms with Gasteiger partial charge in [-0.1, -0.05) is 47.6 Å². The average Bonchev–Trinajstić information content (AvgIpc) is 2.61. The summed E-state index contributed by atoms with van der Waals surface area (Å²) in [5.74, 6) is 0.0592. The van der Waals surface area contributed by atoms with Crippen molar-refractivity contribution in [2.24, 2.45) is 0 Å². The fourth-order valence-electron chi connectivity index (χ4n) is 2.43. The summed E-state index contributed by atoms with van der Waals surface area (Å²) in [7, 11) is 0. The fraction of sp³-hybridized carbons (Fsp3) is 0.167. The van der Waals surface area contributed by atoms with Crippen LogP contribution in [0.2, 0.25) is 5.02 Å². The summed E-state index contributed by atoms with van der Waals surface area (Å²) < 4.78 is 1.47. The Morgan fingerprint density at radius 2 is 1.92 bits per heavy atom. The number of nitrogens with one attached hydrogen (secondary N) is 1. The second-order valence-electron chi connectivity index (χ2n) is 5.25. The second kappa shape index (κ2) is 7.72. The van der Waals surface area contributed by atoms with Crippen molar-refractivity contribution in [3.05, 3.63) is 63.9 Å². The molecule has 0 fully saturated rings. The maximum atomic E-state index is 13.0. The molecule has 1 aromatic heterocycles. The molecule has 0 bridgehead atoms. The molecule has 0 aliphatic heterocycles. The molecule has 3 rings (SSSR count). The Morgan fingerprint density at radius 3 is 2.68 bits per heavy atom. The summed E-state index contributed by atoms with van der Waals surface area (Å²) in [5.41, 5.74) is 0.928. The number of carbonyl (C=O) groups excluding carboxylic acids is 1. The molecule has 0 saturated heterocycles. The van der Waals surface area contributed by atoms with E-state index in [1.54, 1.807) is 42.5 Å². The van der Waals surface area contributed by atoms with Crippen LogP contribution in [0.25, 0.3) is 16.6 Å². The largest absolute Gasteiger partial charge is 0.356 e. The van der Waals surface area contributed by atoms with Gasteiger partial charge < -0.3 is 5.32 Å². The molecule has 7 heteroatoms. The van der Waals surface area contributed by atoms with Crippen molar-refractivity contribution in [1.29, 1.82) is 0 Å². The van der Waals surface area contributed by atoms with Crippen molar-refractivity contribution in [1.82, 2.24) is 14.9 Å². The van der Waals surface area contributed by atoms with Crippen LogP contribution in [-0.4, -0.2) is 27.8 Å². The van der Waals surface area contributed by atoms with Crippen LogP contribution in [0.4, 0.5) is 0 Å². The predicted octanol–water partition coefficient (Wildman–Crippen LogP) is 3.27. The third-order valence-electron chi connectivity index (χ3n) is 3.54. The summed E-state index contributed by atoms with van der Waals surface area (Å²) in [4.78, 5) is 29.4. The van der Waals surface area contributed by atoms with E-state index in [4.69, 9.17) is 11.6 Å². The van der Waals surface area contributed by atoms with Gasteiger partial charge in [-0.3, -0.25) is 14.2 Å². The Balaban J connectivity index is 2.16. The maximum absolute atomic E-state index is 13.0. The second-order valence-corrected chi connectivity index (χ2v) is 6.60.